The Morgan fingerprint density at radius 2 is 2.00 bits per heavy atom. The second kappa shape index (κ2) is 4.95. The van der Waals surface area contributed by atoms with E-state index in [0.717, 1.165) is 5.56 Å². The van der Waals surface area contributed by atoms with Gasteiger partial charge < -0.3 is 4.42 Å². The molecule has 0 atom stereocenters. The number of nitrogens with zero attached hydrogens (tertiary/aromatic N) is 1. The molecule has 0 aliphatic rings. The normalized spacial score (nSPS) is 10.8. The number of carbonyl (C=O) groups is 1. The Morgan fingerprint density at radius 1 is 1.29 bits per heavy atom. The standard InChI is InChI=1S/C14H15NO2/c1-10(2)13(16)8-12-9-15-14(17-12)11-6-4-3-5-7-11/h3-7,9-10H,8H2,1-2H3. The molecule has 0 N–H and O–H groups in total. The van der Waals surface area contributed by atoms with Crippen LogP contribution in [0.2, 0.25) is 0 Å². The Morgan fingerprint density at radius 3 is 2.65 bits per heavy atom. The molecule has 1 heterocycles. The number of benzene rings is 1. The number of aromatic nitrogens is 1. The van der Waals surface area contributed by atoms with Crippen LogP contribution in [0.5, 0.6) is 0 Å². The molecule has 0 spiro atoms. The summed E-state index contributed by atoms with van der Waals surface area (Å²) in [5, 5.41) is 0. The van der Waals surface area contributed by atoms with Crippen LogP contribution in [0.1, 0.15) is 19.6 Å². The van der Waals surface area contributed by atoms with Gasteiger partial charge in [-0.15, -0.1) is 0 Å². The Hall–Kier alpha value is -1.90. The van der Waals surface area contributed by atoms with Crippen LogP contribution in [0.3, 0.4) is 0 Å². The van der Waals surface area contributed by atoms with Gasteiger partial charge in [0.05, 0.1) is 12.6 Å². The van der Waals surface area contributed by atoms with Crippen LogP contribution in [-0.4, -0.2) is 10.8 Å². The molecule has 3 nitrogen and oxygen atoms in total. The van der Waals surface area contributed by atoms with Crippen LogP contribution >= 0.6 is 0 Å². The fourth-order valence-electron chi connectivity index (χ4n) is 1.48. The monoisotopic (exact) mass is 229 g/mol. The van der Waals surface area contributed by atoms with E-state index in [9.17, 15) is 4.79 Å². The molecule has 3 heteroatoms. The second-order valence-corrected chi connectivity index (χ2v) is 4.30. The highest BCUT2D eigenvalue weighted by Crippen LogP contribution is 2.19. The fraction of sp³-hybridized carbons (Fsp3) is 0.286. The van der Waals surface area contributed by atoms with Gasteiger partial charge in [0.2, 0.25) is 5.89 Å². The highest BCUT2D eigenvalue weighted by molar-refractivity contribution is 5.82. The number of oxazole rings is 1. The Labute approximate surface area is 100 Å². The van der Waals surface area contributed by atoms with Crippen molar-refractivity contribution in [1.82, 2.24) is 4.98 Å². The van der Waals surface area contributed by atoms with E-state index < -0.39 is 0 Å². The van der Waals surface area contributed by atoms with E-state index in [2.05, 4.69) is 4.98 Å². The van der Waals surface area contributed by atoms with Crippen molar-refractivity contribution in [3.63, 3.8) is 0 Å². The van der Waals surface area contributed by atoms with Gasteiger partial charge in [0.25, 0.3) is 0 Å². The molecule has 0 aliphatic carbocycles. The van der Waals surface area contributed by atoms with Gasteiger partial charge >= 0.3 is 0 Å². The summed E-state index contributed by atoms with van der Waals surface area (Å²) in [6.07, 6.45) is 1.94. The fourth-order valence-corrected chi connectivity index (χ4v) is 1.48. The number of hydrogen-bond donors (Lipinski definition) is 0. The first-order valence-corrected chi connectivity index (χ1v) is 5.69. The van der Waals surface area contributed by atoms with Crippen molar-refractivity contribution in [2.75, 3.05) is 0 Å². The number of Topliss-reactive ketones (excluding diaryl/α,β-unsaturated/α-hetero) is 1. The van der Waals surface area contributed by atoms with Crippen LogP contribution in [0.15, 0.2) is 40.9 Å². The molecule has 0 saturated carbocycles. The number of carbonyl (C=O) groups excluding carboxylic acids is 1. The molecule has 2 rings (SSSR count). The van der Waals surface area contributed by atoms with Crippen molar-refractivity contribution in [2.24, 2.45) is 5.92 Å². The number of rotatable bonds is 4. The third-order valence-corrected chi connectivity index (χ3v) is 2.57. The van der Waals surface area contributed by atoms with Crippen molar-refractivity contribution in [1.29, 1.82) is 0 Å². The molecule has 17 heavy (non-hydrogen) atoms. The van der Waals surface area contributed by atoms with Gasteiger partial charge in [-0.2, -0.15) is 0 Å². The molecule has 0 saturated heterocycles. The molecule has 0 bridgehead atoms. The molecule has 0 amide bonds. The lowest BCUT2D eigenvalue weighted by Crippen LogP contribution is -2.09. The minimum atomic E-state index is 0.0280. The van der Waals surface area contributed by atoms with Gasteiger partial charge in [0, 0.05) is 11.5 Å². The Bertz CT molecular complexity index is 500. The molecular weight excluding hydrogens is 214 g/mol. The molecule has 1 aromatic carbocycles. The quantitative estimate of drug-likeness (QED) is 0.809. The summed E-state index contributed by atoms with van der Waals surface area (Å²) in [5.41, 5.74) is 0.927. The van der Waals surface area contributed by atoms with Crippen molar-refractivity contribution in [3.05, 3.63) is 42.3 Å². The van der Waals surface area contributed by atoms with E-state index in [-0.39, 0.29) is 11.7 Å². The molecule has 2 aromatic rings. The highest BCUT2D eigenvalue weighted by atomic mass is 16.4. The van der Waals surface area contributed by atoms with Gasteiger partial charge in [-0.05, 0) is 12.1 Å². The number of hydrogen-bond acceptors (Lipinski definition) is 3. The van der Waals surface area contributed by atoms with Gasteiger partial charge in [-0.1, -0.05) is 32.0 Å². The molecule has 1 aromatic heterocycles. The molecule has 88 valence electrons. The zero-order valence-corrected chi connectivity index (χ0v) is 10.0. The minimum absolute atomic E-state index is 0.0280. The summed E-state index contributed by atoms with van der Waals surface area (Å²) in [4.78, 5) is 15.8. The maximum absolute atomic E-state index is 11.6. The minimum Gasteiger partial charge on any atom is -0.441 e. The van der Waals surface area contributed by atoms with E-state index in [1.54, 1.807) is 6.20 Å². The summed E-state index contributed by atoms with van der Waals surface area (Å²) in [5.74, 6) is 1.39. The van der Waals surface area contributed by atoms with E-state index in [1.165, 1.54) is 0 Å². The molecule has 0 fully saturated rings. The van der Waals surface area contributed by atoms with Gasteiger partial charge in [0.15, 0.2) is 0 Å². The van der Waals surface area contributed by atoms with Crippen LogP contribution in [0.25, 0.3) is 11.5 Å². The third kappa shape index (κ3) is 2.81. The maximum Gasteiger partial charge on any atom is 0.226 e. The first-order valence-electron chi connectivity index (χ1n) is 5.69. The summed E-state index contributed by atoms with van der Waals surface area (Å²) in [6.45, 7) is 3.77. The number of ketones is 1. The summed E-state index contributed by atoms with van der Waals surface area (Å²) in [6, 6.07) is 9.66. The molecule has 0 radical (unpaired) electrons. The summed E-state index contributed by atoms with van der Waals surface area (Å²) < 4.78 is 5.56. The van der Waals surface area contributed by atoms with E-state index >= 15 is 0 Å². The maximum atomic E-state index is 11.6. The average Bonchev–Trinajstić information content (AvgIpc) is 2.78. The highest BCUT2D eigenvalue weighted by Gasteiger charge is 2.12. The van der Waals surface area contributed by atoms with Crippen molar-refractivity contribution in [3.8, 4) is 11.5 Å². The molecule has 0 aliphatic heterocycles. The van der Waals surface area contributed by atoms with Crippen molar-refractivity contribution < 1.29 is 9.21 Å². The zero-order valence-electron chi connectivity index (χ0n) is 10.0. The topological polar surface area (TPSA) is 43.1 Å². The largest absolute Gasteiger partial charge is 0.441 e. The van der Waals surface area contributed by atoms with Gasteiger partial charge in [0.1, 0.15) is 11.5 Å². The third-order valence-electron chi connectivity index (χ3n) is 2.57. The summed E-state index contributed by atoms with van der Waals surface area (Å²) >= 11 is 0. The van der Waals surface area contributed by atoms with Crippen LogP contribution in [0.4, 0.5) is 0 Å². The van der Waals surface area contributed by atoms with Crippen molar-refractivity contribution in [2.45, 2.75) is 20.3 Å². The van der Waals surface area contributed by atoms with Crippen LogP contribution in [-0.2, 0) is 11.2 Å². The Balaban J connectivity index is 2.14. The Kier molecular flexibility index (Phi) is 3.38. The average molecular weight is 229 g/mol. The smallest absolute Gasteiger partial charge is 0.226 e. The molecule has 0 unspecified atom stereocenters. The predicted molar refractivity (Wildman–Crippen MR) is 65.5 cm³/mol. The second-order valence-electron chi connectivity index (χ2n) is 4.30. The summed E-state index contributed by atoms with van der Waals surface area (Å²) in [7, 11) is 0. The first-order chi connectivity index (χ1) is 8.16. The SMILES string of the molecule is CC(C)C(=O)Cc1cnc(-c2ccccc2)o1. The lowest BCUT2D eigenvalue weighted by molar-refractivity contribution is -0.121. The van der Waals surface area contributed by atoms with Crippen molar-refractivity contribution >= 4 is 5.78 Å². The lowest BCUT2D eigenvalue weighted by atomic mass is 10.1. The van der Waals surface area contributed by atoms with E-state index in [0.29, 0.717) is 18.1 Å². The van der Waals surface area contributed by atoms with Gasteiger partial charge in [-0.3, -0.25) is 4.79 Å². The van der Waals surface area contributed by atoms with Crippen LogP contribution < -0.4 is 0 Å². The zero-order chi connectivity index (χ0) is 12.3. The van der Waals surface area contributed by atoms with Crippen LogP contribution in [0, 0.1) is 5.92 Å². The van der Waals surface area contributed by atoms with E-state index in [4.69, 9.17) is 4.42 Å². The predicted octanol–water partition coefficient (Wildman–Crippen LogP) is 3.11. The first kappa shape index (κ1) is 11.6. The molecular formula is C14H15NO2. The van der Waals surface area contributed by atoms with E-state index in [1.807, 2.05) is 44.2 Å². The van der Waals surface area contributed by atoms with Gasteiger partial charge in [-0.25, -0.2) is 4.98 Å². The lowest BCUT2D eigenvalue weighted by Gasteiger charge is -2.00.